The van der Waals surface area contributed by atoms with Crippen LogP contribution in [0.1, 0.15) is 31.2 Å². The van der Waals surface area contributed by atoms with E-state index in [2.05, 4.69) is 0 Å². The van der Waals surface area contributed by atoms with E-state index in [0.717, 1.165) is 17.9 Å². The third kappa shape index (κ3) is 2.21. The first-order valence-corrected chi connectivity index (χ1v) is 6.53. The number of ether oxygens (including phenoxy) is 1. The zero-order valence-electron chi connectivity index (χ0n) is 9.97. The van der Waals surface area contributed by atoms with Gasteiger partial charge in [0.25, 0.3) is 0 Å². The van der Waals surface area contributed by atoms with Gasteiger partial charge in [-0.15, -0.1) is 0 Å². The molecule has 90 valence electrons. The SMILES string of the molecule is O=C(OCc1ccccc1)[C@H]1CC2CC[C@@H]1C2. The molecule has 0 N–H and O–H groups in total. The summed E-state index contributed by atoms with van der Waals surface area (Å²) in [5.74, 6) is 1.64. The summed E-state index contributed by atoms with van der Waals surface area (Å²) < 4.78 is 5.43. The van der Waals surface area contributed by atoms with E-state index in [0.29, 0.717) is 12.5 Å². The highest BCUT2D eigenvalue weighted by molar-refractivity contribution is 5.73. The Morgan fingerprint density at radius 3 is 2.65 bits per heavy atom. The van der Waals surface area contributed by atoms with Gasteiger partial charge in [0.2, 0.25) is 0 Å². The fourth-order valence-electron chi connectivity index (χ4n) is 3.37. The van der Waals surface area contributed by atoms with E-state index < -0.39 is 0 Å². The molecule has 0 amide bonds. The van der Waals surface area contributed by atoms with Gasteiger partial charge in [0.1, 0.15) is 6.61 Å². The van der Waals surface area contributed by atoms with Crippen molar-refractivity contribution in [2.75, 3.05) is 0 Å². The number of carbonyl (C=O) groups is 1. The molecule has 2 heteroatoms. The van der Waals surface area contributed by atoms with Gasteiger partial charge in [-0.3, -0.25) is 4.79 Å². The molecule has 1 aromatic carbocycles. The number of hydrogen-bond donors (Lipinski definition) is 0. The molecule has 0 aromatic heterocycles. The van der Waals surface area contributed by atoms with E-state index in [1.807, 2.05) is 30.3 Å². The Bertz CT molecular complexity index is 399. The van der Waals surface area contributed by atoms with Crippen molar-refractivity contribution in [1.29, 1.82) is 0 Å². The maximum absolute atomic E-state index is 12.0. The molecule has 1 aromatic rings. The summed E-state index contributed by atoms with van der Waals surface area (Å²) in [4.78, 5) is 12.0. The van der Waals surface area contributed by atoms with Crippen LogP contribution in [-0.2, 0) is 16.1 Å². The Hall–Kier alpha value is -1.31. The molecule has 2 aliphatic carbocycles. The maximum Gasteiger partial charge on any atom is 0.309 e. The molecular formula is C15H18O2. The number of benzene rings is 1. The van der Waals surface area contributed by atoms with Crippen LogP contribution in [0.3, 0.4) is 0 Å². The van der Waals surface area contributed by atoms with E-state index in [-0.39, 0.29) is 11.9 Å². The Kier molecular flexibility index (Phi) is 2.87. The predicted octanol–water partition coefficient (Wildman–Crippen LogP) is 3.17. The largest absolute Gasteiger partial charge is 0.461 e. The first-order chi connectivity index (χ1) is 8.33. The van der Waals surface area contributed by atoms with Crippen molar-refractivity contribution in [2.24, 2.45) is 17.8 Å². The van der Waals surface area contributed by atoms with E-state index in [1.54, 1.807) is 0 Å². The zero-order chi connectivity index (χ0) is 11.7. The smallest absolute Gasteiger partial charge is 0.309 e. The molecule has 2 fully saturated rings. The topological polar surface area (TPSA) is 26.3 Å². The minimum Gasteiger partial charge on any atom is -0.461 e. The molecule has 3 atom stereocenters. The van der Waals surface area contributed by atoms with Gasteiger partial charge < -0.3 is 4.74 Å². The van der Waals surface area contributed by atoms with Crippen molar-refractivity contribution in [1.82, 2.24) is 0 Å². The molecule has 0 aliphatic heterocycles. The second-order valence-corrected chi connectivity index (χ2v) is 5.37. The standard InChI is InChI=1S/C15H18O2/c16-15(14-9-12-6-7-13(14)8-12)17-10-11-4-2-1-3-5-11/h1-5,12-14H,6-10H2/t12?,13-,14+/m1/s1. The van der Waals surface area contributed by atoms with Crippen molar-refractivity contribution in [3.05, 3.63) is 35.9 Å². The Morgan fingerprint density at radius 1 is 1.18 bits per heavy atom. The van der Waals surface area contributed by atoms with Crippen LogP contribution in [0.5, 0.6) is 0 Å². The summed E-state index contributed by atoms with van der Waals surface area (Å²) in [6.45, 7) is 0.424. The quantitative estimate of drug-likeness (QED) is 0.745. The molecule has 0 heterocycles. The van der Waals surface area contributed by atoms with Crippen molar-refractivity contribution >= 4 is 5.97 Å². The number of carbonyl (C=O) groups excluding carboxylic acids is 1. The van der Waals surface area contributed by atoms with E-state index in [9.17, 15) is 4.79 Å². The molecule has 3 rings (SSSR count). The molecule has 2 nitrogen and oxygen atoms in total. The summed E-state index contributed by atoms with van der Waals surface area (Å²) >= 11 is 0. The Morgan fingerprint density at radius 2 is 2.00 bits per heavy atom. The first-order valence-electron chi connectivity index (χ1n) is 6.53. The lowest BCUT2D eigenvalue weighted by Gasteiger charge is -2.19. The lowest BCUT2D eigenvalue weighted by Crippen LogP contribution is -2.23. The molecule has 0 radical (unpaired) electrons. The van der Waals surface area contributed by atoms with Crippen molar-refractivity contribution in [2.45, 2.75) is 32.3 Å². The van der Waals surface area contributed by atoms with Crippen LogP contribution in [0.2, 0.25) is 0 Å². The van der Waals surface area contributed by atoms with Crippen LogP contribution < -0.4 is 0 Å². The molecule has 17 heavy (non-hydrogen) atoms. The monoisotopic (exact) mass is 230 g/mol. The fourth-order valence-corrected chi connectivity index (χ4v) is 3.37. The van der Waals surface area contributed by atoms with E-state index >= 15 is 0 Å². The van der Waals surface area contributed by atoms with Crippen LogP contribution in [0, 0.1) is 17.8 Å². The summed E-state index contributed by atoms with van der Waals surface area (Å²) in [5, 5.41) is 0. The third-order valence-electron chi connectivity index (χ3n) is 4.26. The average Bonchev–Trinajstić information content (AvgIpc) is 2.99. The highest BCUT2D eigenvalue weighted by atomic mass is 16.5. The van der Waals surface area contributed by atoms with Gasteiger partial charge in [0.15, 0.2) is 0 Å². The van der Waals surface area contributed by atoms with Crippen molar-refractivity contribution < 1.29 is 9.53 Å². The molecule has 0 saturated heterocycles. The van der Waals surface area contributed by atoms with Gasteiger partial charge in [-0.2, -0.15) is 0 Å². The lowest BCUT2D eigenvalue weighted by atomic mass is 9.89. The van der Waals surface area contributed by atoms with Crippen LogP contribution in [-0.4, -0.2) is 5.97 Å². The van der Waals surface area contributed by atoms with Gasteiger partial charge in [-0.1, -0.05) is 36.8 Å². The normalized spacial score (nSPS) is 30.5. The van der Waals surface area contributed by atoms with Crippen molar-refractivity contribution in [3.8, 4) is 0 Å². The van der Waals surface area contributed by atoms with Gasteiger partial charge >= 0.3 is 5.97 Å². The number of rotatable bonds is 3. The Balaban J connectivity index is 1.54. The molecule has 2 bridgehead atoms. The third-order valence-corrected chi connectivity index (χ3v) is 4.26. The highest BCUT2D eigenvalue weighted by Gasteiger charge is 2.43. The second-order valence-electron chi connectivity index (χ2n) is 5.37. The molecule has 0 spiro atoms. The molecule has 1 unspecified atom stereocenters. The second kappa shape index (κ2) is 4.52. The number of fused-ring (bicyclic) bond motifs is 2. The maximum atomic E-state index is 12.0. The van der Waals surface area contributed by atoms with Gasteiger partial charge in [0.05, 0.1) is 5.92 Å². The number of hydrogen-bond acceptors (Lipinski definition) is 2. The summed E-state index contributed by atoms with van der Waals surface area (Å²) in [6.07, 6.45) is 4.88. The lowest BCUT2D eigenvalue weighted by molar-refractivity contribution is -0.151. The molecular weight excluding hydrogens is 212 g/mol. The van der Waals surface area contributed by atoms with Gasteiger partial charge in [0, 0.05) is 0 Å². The summed E-state index contributed by atoms with van der Waals surface area (Å²) in [6, 6.07) is 9.91. The van der Waals surface area contributed by atoms with E-state index in [1.165, 1.54) is 19.3 Å². The minimum atomic E-state index is 0.0288. The minimum absolute atomic E-state index is 0.0288. The van der Waals surface area contributed by atoms with Gasteiger partial charge in [-0.25, -0.2) is 0 Å². The first kappa shape index (κ1) is 10.8. The van der Waals surface area contributed by atoms with Crippen LogP contribution in [0.15, 0.2) is 30.3 Å². The van der Waals surface area contributed by atoms with E-state index in [4.69, 9.17) is 4.74 Å². The van der Waals surface area contributed by atoms with Gasteiger partial charge in [-0.05, 0) is 36.7 Å². The predicted molar refractivity (Wildman–Crippen MR) is 65.2 cm³/mol. The molecule has 2 saturated carbocycles. The van der Waals surface area contributed by atoms with Crippen LogP contribution >= 0.6 is 0 Å². The van der Waals surface area contributed by atoms with Crippen LogP contribution in [0.4, 0.5) is 0 Å². The molecule has 2 aliphatic rings. The van der Waals surface area contributed by atoms with Crippen molar-refractivity contribution in [3.63, 3.8) is 0 Å². The fraction of sp³-hybridized carbons (Fsp3) is 0.533. The summed E-state index contributed by atoms with van der Waals surface area (Å²) in [5.41, 5.74) is 1.07. The summed E-state index contributed by atoms with van der Waals surface area (Å²) in [7, 11) is 0. The average molecular weight is 230 g/mol. The Labute approximate surface area is 102 Å². The highest BCUT2D eigenvalue weighted by Crippen LogP contribution is 2.48. The zero-order valence-corrected chi connectivity index (χ0v) is 9.97. The van der Waals surface area contributed by atoms with Crippen LogP contribution in [0.25, 0.3) is 0 Å². The number of esters is 1.